The number of rotatable bonds is 4. The average molecular weight is 532 g/mol. The normalized spacial score (nSPS) is 16.3. The Balaban J connectivity index is 1.57. The SMILES string of the molecule is Cc1cc(=O)[nH]c(Sc2oc(C=Nc3sc4c(c3C#N)CC[C@@H](C(C)(C)C)C4)cc2Br)n1. The van der Waals surface area contributed by atoms with Crippen molar-refractivity contribution in [3.63, 3.8) is 0 Å². The van der Waals surface area contributed by atoms with Gasteiger partial charge in [-0.3, -0.25) is 4.79 Å². The molecule has 3 aromatic heterocycles. The smallest absolute Gasteiger partial charge is 0.251 e. The van der Waals surface area contributed by atoms with Crippen LogP contribution in [0.2, 0.25) is 0 Å². The molecule has 166 valence electrons. The zero-order chi connectivity index (χ0) is 23.0. The molecule has 0 radical (unpaired) electrons. The summed E-state index contributed by atoms with van der Waals surface area (Å²) in [6, 6.07) is 5.62. The van der Waals surface area contributed by atoms with Crippen molar-refractivity contribution in [3.8, 4) is 6.07 Å². The number of hydrogen-bond acceptors (Lipinski definition) is 7. The standard InChI is InChI=1S/C23H23BrN4O2S2/c1-12-7-19(29)28-22(27-12)32-21-17(24)9-14(30-21)11-26-20-16(10-25)15-6-5-13(23(2,3)4)8-18(15)31-20/h7,9,11,13H,5-6,8H2,1-4H3,(H,27,28,29)/t13-/m1/s1. The van der Waals surface area contributed by atoms with E-state index in [4.69, 9.17) is 4.42 Å². The van der Waals surface area contributed by atoms with Crippen LogP contribution in [-0.2, 0) is 12.8 Å². The Bertz CT molecular complexity index is 1290. The Morgan fingerprint density at radius 2 is 2.22 bits per heavy atom. The Morgan fingerprint density at radius 3 is 2.91 bits per heavy atom. The van der Waals surface area contributed by atoms with Gasteiger partial charge in [0.1, 0.15) is 16.8 Å². The van der Waals surface area contributed by atoms with E-state index in [1.807, 2.05) is 6.07 Å². The van der Waals surface area contributed by atoms with Crippen molar-refractivity contribution in [1.82, 2.24) is 9.97 Å². The molecule has 3 aromatic rings. The number of aromatic amines is 1. The van der Waals surface area contributed by atoms with Gasteiger partial charge >= 0.3 is 0 Å². The summed E-state index contributed by atoms with van der Waals surface area (Å²) in [5, 5.41) is 11.5. The number of nitrogens with one attached hydrogen (secondary N) is 1. The number of aliphatic imine (C=N–C) groups is 1. The maximum absolute atomic E-state index is 11.7. The van der Waals surface area contributed by atoms with E-state index in [9.17, 15) is 10.1 Å². The number of aryl methyl sites for hydroxylation is 1. The summed E-state index contributed by atoms with van der Waals surface area (Å²) < 4.78 is 6.63. The number of nitrogens with zero attached hydrogens (tertiary/aromatic N) is 3. The van der Waals surface area contributed by atoms with E-state index in [1.54, 1.807) is 24.5 Å². The molecule has 0 unspecified atom stereocenters. The highest BCUT2D eigenvalue weighted by Crippen LogP contribution is 2.45. The molecule has 9 heteroatoms. The summed E-state index contributed by atoms with van der Waals surface area (Å²) in [6.45, 7) is 8.62. The first-order chi connectivity index (χ1) is 15.1. The molecule has 0 saturated heterocycles. The first-order valence-corrected chi connectivity index (χ1v) is 12.7. The van der Waals surface area contributed by atoms with Crippen LogP contribution in [0, 0.1) is 29.6 Å². The van der Waals surface area contributed by atoms with E-state index in [1.165, 1.54) is 22.7 Å². The number of hydrogen-bond donors (Lipinski definition) is 1. The summed E-state index contributed by atoms with van der Waals surface area (Å²) in [4.78, 5) is 24.6. The van der Waals surface area contributed by atoms with Crippen LogP contribution in [0.3, 0.4) is 0 Å². The van der Waals surface area contributed by atoms with Crippen LogP contribution in [0.1, 0.15) is 54.7 Å². The molecule has 4 rings (SSSR count). The minimum Gasteiger partial charge on any atom is -0.447 e. The maximum atomic E-state index is 11.7. The molecule has 0 bridgehead atoms. The van der Waals surface area contributed by atoms with E-state index in [0.29, 0.717) is 33.2 Å². The molecule has 0 spiro atoms. The van der Waals surface area contributed by atoms with Crippen LogP contribution in [0.5, 0.6) is 0 Å². The summed E-state index contributed by atoms with van der Waals surface area (Å²) >= 11 is 6.33. The summed E-state index contributed by atoms with van der Waals surface area (Å²) in [7, 11) is 0. The second kappa shape index (κ2) is 9.00. The zero-order valence-corrected chi connectivity index (χ0v) is 21.5. The topological polar surface area (TPSA) is 95.0 Å². The Hall–Kier alpha value is -2.15. The molecule has 0 aromatic carbocycles. The first kappa shape index (κ1) is 23.0. The highest BCUT2D eigenvalue weighted by atomic mass is 79.9. The van der Waals surface area contributed by atoms with Gasteiger partial charge in [0.05, 0.1) is 16.3 Å². The number of nitriles is 1. The zero-order valence-electron chi connectivity index (χ0n) is 18.3. The van der Waals surface area contributed by atoms with Crippen LogP contribution in [0.25, 0.3) is 0 Å². The predicted molar refractivity (Wildman–Crippen MR) is 131 cm³/mol. The second-order valence-electron chi connectivity index (χ2n) is 8.94. The highest BCUT2D eigenvalue weighted by molar-refractivity contribution is 9.10. The molecule has 1 atom stereocenters. The molecule has 1 aliphatic carbocycles. The van der Waals surface area contributed by atoms with E-state index >= 15 is 0 Å². The fraction of sp³-hybridized carbons (Fsp3) is 0.391. The van der Waals surface area contributed by atoms with E-state index < -0.39 is 0 Å². The molecule has 32 heavy (non-hydrogen) atoms. The first-order valence-electron chi connectivity index (χ1n) is 10.3. The lowest BCUT2D eigenvalue weighted by Gasteiger charge is -2.33. The van der Waals surface area contributed by atoms with Gasteiger partial charge in [-0.1, -0.05) is 20.8 Å². The number of furan rings is 1. The molecular weight excluding hydrogens is 508 g/mol. The Kier molecular flexibility index (Phi) is 6.48. The van der Waals surface area contributed by atoms with E-state index in [-0.39, 0.29) is 11.0 Å². The van der Waals surface area contributed by atoms with Crippen molar-refractivity contribution in [1.29, 1.82) is 5.26 Å². The summed E-state index contributed by atoms with van der Waals surface area (Å²) in [6.07, 6.45) is 4.68. The van der Waals surface area contributed by atoms with E-state index in [2.05, 4.69) is 57.7 Å². The molecule has 0 saturated carbocycles. The number of aromatic nitrogens is 2. The molecule has 0 fully saturated rings. The van der Waals surface area contributed by atoms with Gasteiger partial charge in [-0.05, 0) is 70.8 Å². The summed E-state index contributed by atoms with van der Waals surface area (Å²) in [5.41, 5.74) is 2.54. The van der Waals surface area contributed by atoms with Gasteiger partial charge in [0.25, 0.3) is 5.56 Å². The number of halogens is 1. The van der Waals surface area contributed by atoms with Crippen molar-refractivity contribution in [2.45, 2.75) is 57.2 Å². The van der Waals surface area contributed by atoms with Gasteiger partial charge in [-0.2, -0.15) is 5.26 Å². The van der Waals surface area contributed by atoms with Crippen molar-refractivity contribution in [3.05, 3.63) is 54.4 Å². The quantitative estimate of drug-likeness (QED) is 0.310. The van der Waals surface area contributed by atoms with Crippen molar-refractivity contribution >= 4 is 50.2 Å². The van der Waals surface area contributed by atoms with Crippen molar-refractivity contribution in [2.24, 2.45) is 16.3 Å². The van der Waals surface area contributed by atoms with Crippen LogP contribution in [0.15, 0.2) is 41.1 Å². The summed E-state index contributed by atoms with van der Waals surface area (Å²) in [5.74, 6) is 1.16. The largest absolute Gasteiger partial charge is 0.447 e. The molecule has 6 nitrogen and oxygen atoms in total. The number of fused-ring (bicyclic) bond motifs is 1. The van der Waals surface area contributed by atoms with Crippen molar-refractivity contribution < 1.29 is 4.42 Å². The fourth-order valence-electron chi connectivity index (χ4n) is 3.83. The van der Waals surface area contributed by atoms with Gasteiger partial charge in [-0.25, -0.2) is 9.98 Å². The minimum atomic E-state index is -0.205. The number of thiophene rings is 1. The molecule has 1 aliphatic rings. The van der Waals surface area contributed by atoms with Gasteiger partial charge < -0.3 is 9.40 Å². The van der Waals surface area contributed by atoms with Crippen LogP contribution in [0.4, 0.5) is 5.00 Å². The van der Waals surface area contributed by atoms with Crippen LogP contribution < -0.4 is 5.56 Å². The van der Waals surface area contributed by atoms with Gasteiger partial charge in [0, 0.05) is 22.7 Å². The molecular formula is C23H23BrN4O2S2. The van der Waals surface area contributed by atoms with Gasteiger partial charge in [0.15, 0.2) is 10.2 Å². The third-order valence-electron chi connectivity index (χ3n) is 5.60. The van der Waals surface area contributed by atoms with Crippen LogP contribution >= 0.6 is 39.0 Å². The number of H-pyrrole nitrogens is 1. The lowest BCUT2D eigenvalue weighted by molar-refractivity contribution is 0.218. The molecule has 0 aliphatic heterocycles. The average Bonchev–Trinajstić information content (AvgIpc) is 3.23. The molecule has 1 N–H and O–H groups in total. The third-order valence-corrected chi connectivity index (χ3v) is 8.49. The lowest BCUT2D eigenvalue weighted by Crippen LogP contribution is -2.26. The highest BCUT2D eigenvalue weighted by Gasteiger charge is 2.32. The monoisotopic (exact) mass is 530 g/mol. The molecule has 0 amide bonds. The molecule has 3 heterocycles. The maximum Gasteiger partial charge on any atom is 0.251 e. The lowest BCUT2D eigenvalue weighted by atomic mass is 9.72. The van der Waals surface area contributed by atoms with Gasteiger partial charge in [0.2, 0.25) is 0 Å². The fourth-order valence-corrected chi connectivity index (χ4v) is 6.41. The van der Waals surface area contributed by atoms with Crippen molar-refractivity contribution in [2.75, 3.05) is 0 Å². The van der Waals surface area contributed by atoms with E-state index in [0.717, 1.165) is 34.3 Å². The third kappa shape index (κ3) is 4.92. The van der Waals surface area contributed by atoms with Gasteiger partial charge in [-0.15, -0.1) is 11.3 Å². The minimum absolute atomic E-state index is 0.205. The second-order valence-corrected chi connectivity index (χ2v) is 11.8. The Labute approximate surface area is 203 Å². The van der Waals surface area contributed by atoms with Crippen LogP contribution in [-0.4, -0.2) is 16.2 Å². The Morgan fingerprint density at radius 1 is 1.44 bits per heavy atom. The predicted octanol–water partition coefficient (Wildman–Crippen LogP) is 6.42.